The van der Waals surface area contributed by atoms with Gasteiger partial charge in [-0.3, -0.25) is 0 Å². The van der Waals surface area contributed by atoms with E-state index in [-0.39, 0.29) is 17.6 Å². The molecule has 0 aromatic heterocycles. The number of halogens is 1. The molecule has 1 aliphatic rings. The molecule has 0 aliphatic heterocycles. The third-order valence-corrected chi connectivity index (χ3v) is 4.31. The van der Waals surface area contributed by atoms with Gasteiger partial charge in [-0.2, -0.15) is 0 Å². The molecule has 0 spiro atoms. The van der Waals surface area contributed by atoms with Crippen molar-refractivity contribution in [2.45, 2.75) is 50.7 Å². The van der Waals surface area contributed by atoms with Crippen LogP contribution >= 0.6 is 11.6 Å². The van der Waals surface area contributed by atoms with Gasteiger partial charge in [0, 0.05) is 16.5 Å². The molecule has 0 amide bonds. The van der Waals surface area contributed by atoms with Gasteiger partial charge in [-0.25, -0.2) is 0 Å². The molecule has 1 atom stereocenters. The summed E-state index contributed by atoms with van der Waals surface area (Å²) in [7, 11) is 0. The average Bonchev–Trinajstić information content (AvgIpc) is 2.24. The normalized spacial score (nSPS) is 29.1. The Labute approximate surface area is 114 Å². The first-order chi connectivity index (χ1) is 8.44. The molecule has 0 unspecified atom stereocenters. The summed E-state index contributed by atoms with van der Waals surface area (Å²) in [6, 6.07) is 8.02. The molecule has 3 N–H and O–H groups in total. The molecule has 1 aliphatic carbocycles. The van der Waals surface area contributed by atoms with Crippen LogP contribution < -0.4 is 5.73 Å². The molecular formula is C15H22ClNO. The van der Waals surface area contributed by atoms with Crippen molar-refractivity contribution in [2.24, 2.45) is 11.7 Å². The Kier molecular flexibility index (Phi) is 4.00. The lowest BCUT2D eigenvalue weighted by Crippen LogP contribution is -2.56. The van der Waals surface area contributed by atoms with Gasteiger partial charge in [0.2, 0.25) is 0 Å². The number of rotatable bonds is 4. The van der Waals surface area contributed by atoms with Gasteiger partial charge < -0.3 is 10.8 Å². The fraction of sp³-hybridized carbons (Fsp3) is 0.600. The predicted octanol–water partition coefficient (Wildman–Crippen LogP) is 3.11. The van der Waals surface area contributed by atoms with Gasteiger partial charge in [0.25, 0.3) is 0 Å². The van der Waals surface area contributed by atoms with Crippen molar-refractivity contribution in [1.82, 2.24) is 0 Å². The van der Waals surface area contributed by atoms with E-state index in [1.807, 2.05) is 12.1 Å². The SMILES string of the molecule is CC(C)C[C@@H](N)[C@]1(c2ccc(Cl)cc2)C[C@H](O)C1. The maximum Gasteiger partial charge on any atom is 0.0558 e. The maximum absolute atomic E-state index is 9.70. The first-order valence-electron chi connectivity index (χ1n) is 6.64. The largest absolute Gasteiger partial charge is 0.393 e. The molecule has 0 heterocycles. The van der Waals surface area contributed by atoms with E-state index < -0.39 is 0 Å². The molecule has 0 bridgehead atoms. The van der Waals surface area contributed by atoms with Crippen molar-refractivity contribution in [3.8, 4) is 0 Å². The number of benzene rings is 1. The summed E-state index contributed by atoms with van der Waals surface area (Å²) in [5, 5.41) is 10.4. The standard InChI is InChI=1S/C15H22ClNO/c1-10(2)7-14(17)15(8-13(18)9-15)11-3-5-12(16)6-4-11/h3-6,10,13-14,18H,7-9,17H2,1-2H3/t13-,14-,15+/m1/s1. The van der Waals surface area contributed by atoms with E-state index in [9.17, 15) is 5.11 Å². The Morgan fingerprint density at radius 3 is 2.33 bits per heavy atom. The summed E-state index contributed by atoms with van der Waals surface area (Å²) in [6.07, 6.45) is 2.30. The monoisotopic (exact) mass is 267 g/mol. The quantitative estimate of drug-likeness (QED) is 0.881. The van der Waals surface area contributed by atoms with Crippen LogP contribution in [-0.4, -0.2) is 17.3 Å². The predicted molar refractivity (Wildman–Crippen MR) is 75.8 cm³/mol. The van der Waals surface area contributed by atoms with Crippen LogP contribution in [0.15, 0.2) is 24.3 Å². The van der Waals surface area contributed by atoms with Crippen molar-refractivity contribution >= 4 is 11.6 Å². The Morgan fingerprint density at radius 1 is 1.33 bits per heavy atom. The van der Waals surface area contributed by atoms with Crippen molar-refractivity contribution in [2.75, 3.05) is 0 Å². The molecule has 3 heteroatoms. The van der Waals surface area contributed by atoms with Gasteiger partial charge in [-0.15, -0.1) is 0 Å². The third kappa shape index (κ3) is 2.56. The molecule has 0 saturated heterocycles. The highest BCUT2D eigenvalue weighted by Gasteiger charge is 2.48. The van der Waals surface area contributed by atoms with E-state index in [0.717, 1.165) is 24.3 Å². The minimum atomic E-state index is -0.209. The summed E-state index contributed by atoms with van der Waals surface area (Å²) in [5.41, 5.74) is 7.56. The Morgan fingerprint density at radius 2 is 1.89 bits per heavy atom. The molecule has 100 valence electrons. The fourth-order valence-electron chi connectivity index (χ4n) is 3.05. The first-order valence-corrected chi connectivity index (χ1v) is 7.01. The molecule has 1 aromatic carbocycles. The zero-order valence-electron chi connectivity index (χ0n) is 11.1. The topological polar surface area (TPSA) is 46.2 Å². The summed E-state index contributed by atoms with van der Waals surface area (Å²) in [5.74, 6) is 0.571. The van der Waals surface area contributed by atoms with E-state index >= 15 is 0 Å². The third-order valence-electron chi connectivity index (χ3n) is 4.05. The molecule has 18 heavy (non-hydrogen) atoms. The highest BCUT2D eigenvalue weighted by Crippen LogP contribution is 2.47. The summed E-state index contributed by atoms with van der Waals surface area (Å²) >= 11 is 5.93. The number of hydrogen-bond acceptors (Lipinski definition) is 2. The smallest absolute Gasteiger partial charge is 0.0558 e. The summed E-state index contributed by atoms with van der Waals surface area (Å²) in [6.45, 7) is 4.37. The summed E-state index contributed by atoms with van der Waals surface area (Å²) < 4.78 is 0. The van der Waals surface area contributed by atoms with Crippen LogP contribution in [0, 0.1) is 5.92 Å². The second-order valence-corrected chi connectivity index (χ2v) is 6.40. The Hall–Kier alpha value is -0.570. The Bertz CT molecular complexity index is 395. The van der Waals surface area contributed by atoms with Crippen molar-refractivity contribution in [1.29, 1.82) is 0 Å². The average molecular weight is 268 g/mol. The van der Waals surface area contributed by atoms with Gasteiger partial charge in [0.1, 0.15) is 0 Å². The lowest BCUT2D eigenvalue weighted by atomic mass is 9.57. The van der Waals surface area contributed by atoms with Gasteiger partial charge in [-0.1, -0.05) is 37.6 Å². The molecule has 1 fully saturated rings. The number of aliphatic hydroxyl groups excluding tert-OH is 1. The van der Waals surface area contributed by atoms with Crippen LogP contribution in [0.1, 0.15) is 38.7 Å². The van der Waals surface area contributed by atoms with E-state index in [1.165, 1.54) is 5.56 Å². The van der Waals surface area contributed by atoms with Crippen molar-refractivity contribution in [3.63, 3.8) is 0 Å². The molecule has 2 rings (SSSR count). The fourth-order valence-corrected chi connectivity index (χ4v) is 3.17. The van der Waals surface area contributed by atoms with Gasteiger partial charge in [0.05, 0.1) is 6.10 Å². The van der Waals surface area contributed by atoms with Gasteiger partial charge in [-0.05, 0) is 42.9 Å². The second-order valence-electron chi connectivity index (χ2n) is 5.96. The van der Waals surface area contributed by atoms with Crippen molar-refractivity contribution < 1.29 is 5.11 Å². The minimum absolute atomic E-state index is 0.0612. The van der Waals surface area contributed by atoms with Crippen LogP contribution in [-0.2, 0) is 5.41 Å². The maximum atomic E-state index is 9.70. The minimum Gasteiger partial charge on any atom is -0.393 e. The van der Waals surface area contributed by atoms with Gasteiger partial charge >= 0.3 is 0 Å². The number of aliphatic hydroxyl groups is 1. The van der Waals surface area contributed by atoms with E-state index in [1.54, 1.807) is 0 Å². The van der Waals surface area contributed by atoms with E-state index in [2.05, 4.69) is 26.0 Å². The van der Waals surface area contributed by atoms with Crippen LogP contribution in [0.4, 0.5) is 0 Å². The van der Waals surface area contributed by atoms with E-state index in [0.29, 0.717) is 5.92 Å². The molecule has 0 radical (unpaired) electrons. The van der Waals surface area contributed by atoms with E-state index in [4.69, 9.17) is 17.3 Å². The number of hydrogen-bond donors (Lipinski definition) is 2. The zero-order valence-corrected chi connectivity index (χ0v) is 11.8. The second kappa shape index (κ2) is 5.20. The molecule has 1 aromatic rings. The van der Waals surface area contributed by atoms with Crippen molar-refractivity contribution in [3.05, 3.63) is 34.9 Å². The van der Waals surface area contributed by atoms with Crippen LogP contribution in [0.5, 0.6) is 0 Å². The van der Waals surface area contributed by atoms with Gasteiger partial charge in [0.15, 0.2) is 0 Å². The number of nitrogens with two attached hydrogens (primary N) is 1. The lowest BCUT2D eigenvalue weighted by molar-refractivity contribution is 0.000538. The molecule has 2 nitrogen and oxygen atoms in total. The molecular weight excluding hydrogens is 246 g/mol. The van der Waals surface area contributed by atoms with Crippen LogP contribution in [0.3, 0.4) is 0 Å². The Balaban J connectivity index is 2.24. The van der Waals surface area contributed by atoms with Crippen LogP contribution in [0.25, 0.3) is 0 Å². The summed E-state index contributed by atoms with van der Waals surface area (Å²) in [4.78, 5) is 0. The highest BCUT2D eigenvalue weighted by atomic mass is 35.5. The first kappa shape index (κ1) is 13.9. The van der Waals surface area contributed by atoms with Crippen LogP contribution in [0.2, 0.25) is 5.02 Å². The molecule has 1 saturated carbocycles. The lowest BCUT2D eigenvalue weighted by Gasteiger charge is -2.50. The highest BCUT2D eigenvalue weighted by molar-refractivity contribution is 6.30. The zero-order chi connectivity index (χ0) is 13.3.